The molecule has 0 atom stereocenters. The van der Waals surface area contributed by atoms with Gasteiger partial charge in [0.15, 0.2) is 5.01 Å². The molecular formula is C14H9ClN4OS. The highest BCUT2D eigenvalue weighted by atomic mass is 35.5. The van der Waals surface area contributed by atoms with Crippen molar-refractivity contribution in [3.63, 3.8) is 0 Å². The van der Waals surface area contributed by atoms with Gasteiger partial charge in [0.25, 0.3) is 5.91 Å². The predicted octanol–water partition coefficient (Wildman–Crippen LogP) is 3.51. The molecule has 21 heavy (non-hydrogen) atoms. The molecule has 0 spiro atoms. The molecule has 1 amide bonds. The summed E-state index contributed by atoms with van der Waals surface area (Å²) >= 11 is 7.08. The van der Waals surface area contributed by atoms with Crippen molar-refractivity contribution in [2.45, 2.75) is 0 Å². The summed E-state index contributed by atoms with van der Waals surface area (Å²) < 4.78 is 0. The van der Waals surface area contributed by atoms with Gasteiger partial charge in [0, 0.05) is 28.5 Å². The SMILES string of the molecule is O=C(Nc1nnc(-c2cccnc2)s1)c1ccc(Cl)cc1. The molecule has 104 valence electrons. The molecule has 1 aromatic carbocycles. The molecule has 3 aromatic rings. The maximum absolute atomic E-state index is 12.0. The van der Waals surface area contributed by atoms with Crippen LogP contribution in [-0.2, 0) is 0 Å². The number of nitrogens with zero attached hydrogens (tertiary/aromatic N) is 3. The molecule has 0 saturated heterocycles. The molecule has 0 aliphatic heterocycles. The molecule has 0 aliphatic rings. The molecule has 1 N–H and O–H groups in total. The molecule has 5 nitrogen and oxygen atoms in total. The number of anilines is 1. The number of nitrogens with one attached hydrogen (secondary N) is 1. The molecule has 0 unspecified atom stereocenters. The van der Waals surface area contributed by atoms with E-state index in [2.05, 4.69) is 20.5 Å². The van der Waals surface area contributed by atoms with Gasteiger partial charge in [-0.1, -0.05) is 22.9 Å². The highest BCUT2D eigenvalue weighted by Crippen LogP contribution is 2.25. The van der Waals surface area contributed by atoms with Gasteiger partial charge in [-0.3, -0.25) is 15.1 Å². The van der Waals surface area contributed by atoms with Crippen LogP contribution < -0.4 is 5.32 Å². The highest BCUT2D eigenvalue weighted by Gasteiger charge is 2.11. The first-order valence-electron chi connectivity index (χ1n) is 6.03. The van der Waals surface area contributed by atoms with E-state index in [4.69, 9.17) is 11.6 Å². The first-order valence-corrected chi connectivity index (χ1v) is 7.22. The maximum atomic E-state index is 12.0. The second kappa shape index (κ2) is 5.99. The van der Waals surface area contributed by atoms with Gasteiger partial charge in [-0.15, -0.1) is 10.2 Å². The van der Waals surface area contributed by atoms with Crippen molar-refractivity contribution in [1.29, 1.82) is 0 Å². The quantitative estimate of drug-likeness (QED) is 0.803. The monoisotopic (exact) mass is 316 g/mol. The van der Waals surface area contributed by atoms with Crippen LogP contribution in [0.2, 0.25) is 5.02 Å². The Kier molecular flexibility index (Phi) is 3.89. The van der Waals surface area contributed by atoms with E-state index in [1.54, 1.807) is 36.7 Å². The van der Waals surface area contributed by atoms with Gasteiger partial charge < -0.3 is 0 Å². The Morgan fingerprint density at radius 1 is 1.14 bits per heavy atom. The summed E-state index contributed by atoms with van der Waals surface area (Å²) in [5.41, 5.74) is 1.37. The van der Waals surface area contributed by atoms with E-state index < -0.39 is 0 Å². The number of pyridine rings is 1. The molecule has 7 heteroatoms. The van der Waals surface area contributed by atoms with Gasteiger partial charge in [-0.05, 0) is 36.4 Å². The largest absolute Gasteiger partial charge is 0.296 e. The van der Waals surface area contributed by atoms with E-state index in [-0.39, 0.29) is 5.91 Å². The van der Waals surface area contributed by atoms with E-state index in [0.717, 1.165) is 5.56 Å². The molecule has 0 aliphatic carbocycles. The molecule has 2 heterocycles. The summed E-state index contributed by atoms with van der Waals surface area (Å²) in [6.45, 7) is 0. The van der Waals surface area contributed by atoms with Crippen LogP contribution in [0, 0.1) is 0 Å². The second-order valence-corrected chi connectivity index (χ2v) is 5.53. The van der Waals surface area contributed by atoms with Crippen LogP contribution in [0.5, 0.6) is 0 Å². The summed E-state index contributed by atoms with van der Waals surface area (Å²) in [4.78, 5) is 16.1. The standard InChI is InChI=1S/C14H9ClN4OS/c15-11-5-3-9(4-6-11)12(20)17-14-19-18-13(21-14)10-2-1-7-16-8-10/h1-8H,(H,17,19,20). The molecule has 2 aromatic heterocycles. The zero-order chi connectivity index (χ0) is 14.7. The Hall–Kier alpha value is -2.31. The fraction of sp³-hybridized carbons (Fsp3) is 0. The van der Waals surface area contributed by atoms with Gasteiger partial charge in [0.05, 0.1) is 0 Å². The van der Waals surface area contributed by atoms with Crippen molar-refractivity contribution >= 4 is 34.0 Å². The number of carbonyl (C=O) groups is 1. The van der Waals surface area contributed by atoms with Crippen molar-refractivity contribution in [2.24, 2.45) is 0 Å². The van der Waals surface area contributed by atoms with Crippen LogP contribution in [0.3, 0.4) is 0 Å². The fourth-order valence-corrected chi connectivity index (χ4v) is 2.50. The molecule has 0 radical (unpaired) electrons. The average Bonchev–Trinajstić information content (AvgIpc) is 2.97. The van der Waals surface area contributed by atoms with Crippen LogP contribution in [0.15, 0.2) is 48.8 Å². The summed E-state index contributed by atoms with van der Waals surface area (Å²) in [5.74, 6) is -0.249. The minimum Gasteiger partial charge on any atom is -0.296 e. The Morgan fingerprint density at radius 3 is 2.67 bits per heavy atom. The summed E-state index contributed by atoms with van der Waals surface area (Å²) in [6.07, 6.45) is 3.39. The number of hydrogen-bond acceptors (Lipinski definition) is 5. The van der Waals surface area contributed by atoms with Gasteiger partial charge in [0.1, 0.15) is 0 Å². The Morgan fingerprint density at radius 2 is 1.95 bits per heavy atom. The number of benzene rings is 1. The van der Waals surface area contributed by atoms with Crippen molar-refractivity contribution in [3.05, 3.63) is 59.4 Å². The molecular weight excluding hydrogens is 308 g/mol. The number of aromatic nitrogens is 3. The highest BCUT2D eigenvalue weighted by molar-refractivity contribution is 7.18. The number of halogens is 1. The number of carbonyl (C=O) groups excluding carboxylic acids is 1. The topological polar surface area (TPSA) is 67.8 Å². The van der Waals surface area contributed by atoms with Crippen molar-refractivity contribution in [2.75, 3.05) is 5.32 Å². The fourth-order valence-electron chi connectivity index (χ4n) is 1.65. The van der Waals surface area contributed by atoms with Gasteiger partial charge in [0.2, 0.25) is 5.13 Å². The normalized spacial score (nSPS) is 10.3. The Bertz CT molecular complexity index is 758. The van der Waals surface area contributed by atoms with Crippen molar-refractivity contribution in [3.8, 4) is 10.6 Å². The van der Waals surface area contributed by atoms with Crippen LogP contribution in [-0.4, -0.2) is 21.1 Å². The lowest BCUT2D eigenvalue weighted by Crippen LogP contribution is -2.11. The lowest BCUT2D eigenvalue weighted by atomic mass is 10.2. The molecule has 0 fully saturated rings. The predicted molar refractivity (Wildman–Crippen MR) is 82.5 cm³/mol. The number of rotatable bonds is 3. The number of amides is 1. The molecule has 0 saturated carbocycles. The Balaban J connectivity index is 1.75. The van der Waals surface area contributed by atoms with Crippen LogP contribution in [0.1, 0.15) is 10.4 Å². The Labute approximate surface area is 129 Å². The zero-order valence-electron chi connectivity index (χ0n) is 10.7. The van der Waals surface area contributed by atoms with E-state index in [0.29, 0.717) is 20.7 Å². The third-order valence-electron chi connectivity index (χ3n) is 2.66. The summed E-state index contributed by atoms with van der Waals surface area (Å²) in [6, 6.07) is 10.3. The number of hydrogen-bond donors (Lipinski definition) is 1. The third-order valence-corrected chi connectivity index (χ3v) is 3.80. The van der Waals surface area contributed by atoms with Gasteiger partial charge >= 0.3 is 0 Å². The minimum absolute atomic E-state index is 0.249. The summed E-state index contributed by atoms with van der Waals surface area (Å²) in [5, 5.41) is 12.4. The smallest absolute Gasteiger partial charge is 0.257 e. The lowest BCUT2D eigenvalue weighted by molar-refractivity contribution is 0.102. The van der Waals surface area contributed by atoms with E-state index in [9.17, 15) is 4.79 Å². The first kappa shape index (κ1) is 13.7. The molecule has 0 bridgehead atoms. The van der Waals surface area contributed by atoms with E-state index in [1.165, 1.54) is 11.3 Å². The van der Waals surface area contributed by atoms with Crippen LogP contribution in [0.25, 0.3) is 10.6 Å². The van der Waals surface area contributed by atoms with Gasteiger partial charge in [-0.2, -0.15) is 0 Å². The lowest BCUT2D eigenvalue weighted by Gasteiger charge is -2.00. The minimum atomic E-state index is -0.249. The first-order chi connectivity index (χ1) is 10.2. The zero-order valence-corrected chi connectivity index (χ0v) is 12.2. The van der Waals surface area contributed by atoms with Crippen molar-refractivity contribution < 1.29 is 4.79 Å². The second-order valence-electron chi connectivity index (χ2n) is 4.12. The van der Waals surface area contributed by atoms with Crippen molar-refractivity contribution in [1.82, 2.24) is 15.2 Å². The van der Waals surface area contributed by atoms with Gasteiger partial charge in [-0.25, -0.2) is 0 Å². The third kappa shape index (κ3) is 3.24. The molecule has 3 rings (SSSR count). The van der Waals surface area contributed by atoms with Crippen LogP contribution >= 0.6 is 22.9 Å². The summed E-state index contributed by atoms with van der Waals surface area (Å²) in [7, 11) is 0. The maximum Gasteiger partial charge on any atom is 0.257 e. The van der Waals surface area contributed by atoms with Crippen LogP contribution in [0.4, 0.5) is 5.13 Å². The van der Waals surface area contributed by atoms with E-state index in [1.807, 2.05) is 12.1 Å². The average molecular weight is 317 g/mol. The van der Waals surface area contributed by atoms with E-state index >= 15 is 0 Å².